The fourth-order valence-corrected chi connectivity index (χ4v) is 2.83. The van der Waals surface area contributed by atoms with Gasteiger partial charge in [0.1, 0.15) is 0 Å². The summed E-state index contributed by atoms with van der Waals surface area (Å²) in [7, 11) is -3.80. The molecule has 2 rings (SSSR count). The van der Waals surface area contributed by atoms with E-state index >= 15 is 0 Å². The third-order valence-electron chi connectivity index (χ3n) is 3.76. The molecule has 0 fully saturated rings. The Hall–Kier alpha value is -2.59. The van der Waals surface area contributed by atoms with Gasteiger partial charge in [-0.2, -0.15) is 13.2 Å². The first-order valence-electron chi connectivity index (χ1n) is 7.80. The van der Waals surface area contributed by atoms with Crippen LogP contribution in [0.15, 0.2) is 53.4 Å². The van der Waals surface area contributed by atoms with Crippen LogP contribution in [0.1, 0.15) is 29.7 Å². The van der Waals surface area contributed by atoms with Crippen LogP contribution < -0.4 is 15.8 Å². The summed E-state index contributed by atoms with van der Waals surface area (Å²) in [5, 5.41) is 10.1. The van der Waals surface area contributed by atoms with Crippen LogP contribution >= 0.6 is 0 Å². The third-order valence-corrected chi connectivity index (χ3v) is 4.69. The molecular formula is C17H18F3N3O3S. The Morgan fingerprint density at radius 2 is 1.78 bits per heavy atom. The molecule has 0 saturated carbocycles. The molecule has 10 heteroatoms. The number of carbonyl (C=O) groups is 1. The van der Waals surface area contributed by atoms with E-state index in [-0.39, 0.29) is 11.4 Å². The van der Waals surface area contributed by atoms with Crippen molar-refractivity contribution in [2.45, 2.75) is 30.6 Å². The standard InChI is InChI=1S/C17H18F3N3O3S/c1-11(13-5-7-15(8-6-13)27(21,25)26)23-16(24)22-10-12-3-2-4-14(9-12)17(18,19)20/h2-9,11H,10H2,1H3,(H2,21,25,26)(H2,22,23,24)/t11-/m0/s1. The number of primary sulfonamides is 1. The maximum Gasteiger partial charge on any atom is 0.416 e. The SMILES string of the molecule is C[C@H](NC(=O)NCc1cccc(C(F)(F)F)c1)c1ccc(S(N)(=O)=O)cc1. The van der Waals surface area contributed by atoms with Crippen molar-refractivity contribution in [2.24, 2.45) is 5.14 Å². The van der Waals surface area contributed by atoms with E-state index in [1.807, 2.05) is 0 Å². The molecule has 1 atom stereocenters. The number of hydrogen-bond acceptors (Lipinski definition) is 3. The van der Waals surface area contributed by atoms with Gasteiger partial charge >= 0.3 is 12.2 Å². The molecule has 6 nitrogen and oxygen atoms in total. The van der Waals surface area contributed by atoms with Crippen molar-refractivity contribution in [1.29, 1.82) is 0 Å². The zero-order chi connectivity index (χ0) is 20.2. The number of alkyl halides is 3. The van der Waals surface area contributed by atoms with E-state index in [1.165, 1.54) is 36.4 Å². The molecule has 2 amide bonds. The summed E-state index contributed by atoms with van der Waals surface area (Å²) < 4.78 is 60.5. The molecule has 0 radical (unpaired) electrons. The van der Waals surface area contributed by atoms with Gasteiger partial charge in [-0.15, -0.1) is 0 Å². The second-order valence-corrected chi connectivity index (χ2v) is 7.42. The molecule has 0 heterocycles. The van der Waals surface area contributed by atoms with Crippen LogP contribution in [0.25, 0.3) is 0 Å². The maximum absolute atomic E-state index is 12.7. The second-order valence-electron chi connectivity index (χ2n) is 5.86. The molecule has 146 valence electrons. The minimum Gasteiger partial charge on any atom is -0.334 e. The Labute approximate surface area is 154 Å². The lowest BCUT2D eigenvalue weighted by atomic mass is 10.1. The van der Waals surface area contributed by atoms with E-state index in [9.17, 15) is 26.4 Å². The molecule has 0 aromatic heterocycles. The Kier molecular flexibility index (Phi) is 6.11. The van der Waals surface area contributed by atoms with Crippen LogP contribution in [0.3, 0.4) is 0 Å². The predicted octanol–water partition coefficient (Wildman–Crippen LogP) is 2.91. The number of urea groups is 1. The van der Waals surface area contributed by atoms with Crippen molar-refractivity contribution in [3.05, 3.63) is 65.2 Å². The van der Waals surface area contributed by atoms with Crippen LogP contribution in [-0.2, 0) is 22.7 Å². The molecule has 0 unspecified atom stereocenters. The van der Waals surface area contributed by atoms with Crippen LogP contribution in [0.4, 0.5) is 18.0 Å². The van der Waals surface area contributed by atoms with Crippen molar-refractivity contribution in [3.8, 4) is 0 Å². The topological polar surface area (TPSA) is 101 Å². The van der Waals surface area contributed by atoms with Crippen LogP contribution in [0, 0.1) is 0 Å². The highest BCUT2D eigenvalue weighted by Crippen LogP contribution is 2.29. The minimum absolute atomic E-state index is 0.0487. The number of halogens is 3. The zero-order valence-corrected chi connectivity index (χ0v) is 15.1. The summed E-state index contributed by atoms with van der Waals surface area (Å²) in [5.41, 5.74) is 0.160. The number of nitrogens with one attached hydrogen (secondary N) is 2. The van der Waals surface area contributed by atoms with Gasteiger partial charge in [-0.25, -0.2) is 18.4 Å². The molecular weight excluding hydrogens is 383 g/mol. The van der Waals surface area contributed by atoms with E-state index in [0.717, 1.165) is 12.1 Å². The maximum atomic E-state index is 12.7. The molecule has 2 aromatic rings. The lowest BCUT2D eigenvalue weighted by Gasteiger charge is -2.16. The first kappa shape index (κ1) is 20.7. The highest BCUT2D eigenvalue weighted by atomic mass is 32.2. The van der Waals surface area contributed by atoms with Gasteiger partial charge < -0.3 is 10.6 Å². The van der Waals surface area contributed by atoms with E-state index in [4.69, 9.17) is 5.14 Å². The minimum atomic E-state index is -4.45. The molecule has 2 aromatic carbocycles. The van der Waals surface area contributed by atoms with Gasteiger partial charge in [0.25, 0.3) is 0 Å². The molecule has 0 aliphatic rings. The van der Waals surface area contributed by atoms with Gasteiger partial charge in [0.2, 0.25) is 10.0 Å². The number of amides is 2. The normalized spacial score (nSPS) is 13.1. The number of sulfonamides is 1. The Morgan fingerprint density at radius 1 is 1.15 bits per heavy atom. The fourth-order valence-electron chi connectivity index (χ4n) is 2.32. The average molecular weight is 401 g/mol. The molecule has 0 saturated heterocycles. The van der Waals surface area contributed by atoms with Crippen molar-refractivity contribution in [2.75, 3.05) is 0 Å². The van der Waals surface area contributed by atoms with E-state index in [1.54, 1.807) is 6.92 Å². The van der Waals surface area contributed by atoms with E-state index < -0.39 is 33.8 Å². The van der Waals surface area contributed by atoms with Crippen molar-refractivity contribution in [3.63, 3.8) is 0 Å². The van der Waals surface area contributed by atoms with Crippen LogP contribution in [0.5, 0.6) is 0 Å². The number of rotatable bonds is 5. The number of nitrogens with two attached hydrogens (primary N) is 1. The molecule has 4 N–H and O–H groups in total. The smallest absolute Gasteiger partial charge is 0.334 e. The average Bonchev–Trinajstić information content (AvgIpc) is 2.59. The first-order chi connectivity index (χ1) is 12.5. The van der Waals surface area contributed by atoms with Crippen molar-refractivity contribution < 1.29 is 26.4 Å². The summed E-state index contributed by atoms with van der Waals surface area (Å²) >= 11 is 0. The molecule has 27 heavy (non-hydrogen) atoms. The van der Waals surface area contributed by atoms with Crippen molar-refractivity contribution in [1.82, 2.24) is 10.6 Å². The first-order valence-corrected chi connectivity index (χ1v) is 9.35. The van der Waals surface area contributed by atoms with Gasteiger partial charge in [0, 0.05) is 6.54 Å². The highest BCUT2D eigenvalue weighted by Gasteiger charge is 2.30. The Morgan fingerprint density at radius 3 is 2.33 bits per heavy atom. The summed E-state index contributed by atoms with van der Waals surface area (Å²) in [6.07, 6.45) is -4.45. The molecule has 0 aliphatic heterocycles. The summed E-state index contributed by atoms with van der Waals surface area (Å²) in [6.45, 7) is 1.60. The largest absolute Gasteiger partial charge is 0.416 e. The van der Waals surface area contributed by atoms with Gasteiger partial charge in [0.15, 0.2) is 0 Å². The lowest BCUT2D eigenvalue weighted by Crippen LogP contribution is -2.36. The highest BCUT2D eigenvalue weighted by molar-refractivity contribution is 7.89. The molecule has 0 aliphatic carbocycles. The molecule has 0 spiro atoms. The fraction of sp³-hybridized carbons (Fsp3) is 0.235. The zero-order valence-electron chi connectivity index (χ0n) is 14.2. The van der Waals surface area contributed by atoms with E-state index in [0.29, 0.717) is 11.1 Å². The number of carbonyl (C=O) groups excluding carboxylic acids is 1. The number of benzene rings is 2. The molecule has 0 bridgehead atoms. The Balaban J connectivity index is 1.94. The van der Waals surface area contributed by atoms with Gasteiger partial charge in [-0.3, -0.25) is 0 Å². The van der Waals surface area contributed by atoms with Gasteiger partial charge in [-0.05, 0) is 42.3 Å². The quantitative estimate of drug-likeness (QED) is 0.718. The van der Waals surface area contributed by atoms with Gasteiger partial charge in [0.05, 0.1) is 16.5 Å². The van der Waals surface area contributed by atoms with Crippen LogP contribution in [0.2, 0.25) is 0 Å². The Bertz CT molecular complexity index is 913. The van der Waals surface area contributed by atoms with Crippen LogP contribution in [-0.4, -0.2) is 14.4 Å². The monoisotopic (exact) mass is 401 g/mol. The third kappa shape index (κ3) is 5.97. The summed E-state index contributed by atoms with van der Waals surface area (Å²) in [6, 6.07) is 9.31. The summed E-state index contributed by atoms with van der Waals surface area (Å²) in [5.74, 6) is 0. The second kappa shape index (κ2) is 7.97. The van der Waals surface area contributed by atoms with Crippen molar-refractivity contribution >= 4 is 16.1 Å². The predicted molar refractivity (Wildman–Crippen MR) is 93.0 cm³/mol. The lowest BCUT2D eigenvalue weighted by molar-refractivity contribution is -0.137. The summed E-state index contributed by atoms with van der Waals surface area (Å²) in [4.78, 5) is 11.9. The van der Waals surface area contributed by atoms with E-state index in [2.05, 4.69) is 10.6 Å². The van der Waals surface area contributed by atoms with Gasteiger partial charge in [-0.1, -0.05) is 24.3 Å². The number of hydrogen-bond donors (Lipinski definition) is 3.